The average molecular weight is 413 g/mol. The highest BCUT2D eigenvalue weighted by molar-refractivity contribution is 7.15. The van der Waals surface area contributed by atoms with Gasteiger partial charge in [0.25, 0.3) is 0 Å². The lowest BCUT2D eigenvalue weighted by Gasteiger charge is -2.27. The molecular formula is C18H18F3N3O3S. The van der Waals surface area contributed by atoms with Crippen molar-refractivity contribution in [2.45, 2.75) is 31.5 Å². The summed E-state index contributed by atoms with van der Waals surface area (Å²) in [5.74, 6) is -3.61. The summed E-state index contributed by atoms with van der Waals surface area (Å²) < 4.78 is 42.5. The number of nitrogens with zero attached hydrogens (tertiary/aromatic N) is 2. The first-order chi connectivity index (χ1) is 13.1. The number of benzene rings is 1. The van der Waals surface area contributed by atoms with Crippen LogP contribution in [0.25, 0.3) is 10.6 Å². The normalized spacial score (nSPS) is 16.7. The van der Waals surface area contributed by atoms with E-state index in [2.05, 4.69) is 14.6 Å². The number of nitrogens with two attached hydrogens (primary N) is 1. The quantitative estimate of drug-likeness (QED) is 0.615. The van der Waals surface area contributed by atoms with Gasteiger partial charge in [-0.05, 0) is 45.5 Å². The monoisotopic (exact) mass is 413 g/mol. The van der Waals surface area contributed by atoms with Gasteiger partial charge < -0.3 is 15.4 Å². The number of thiazole rings is 1. The second-order valence-electron chi connectivity index (χ2n) is 6.68. The van der Waals surface area contributed by atoms with Crippen molar-refractivity contribution in [2.75, 3.05) is 14.1 Å². The Kier molecular flexibility index (Phi) is 5.44. The number of carbonyl (C=O) groups is 2. The van der Waals surface area contributed by atoms with Gasteiger partial charge in [0.05, 0.1) is 16.8 Å². The topological polar surface area (TPSA) is 85.5 Å². The highest BCUT2D eigenvalue weighted by Crippen LogP contribution is 2.40. The van der Waals surface area contributed by atoms with Crippen LogP contribution >= 0.6 is 11.3 Å². The van der Waals surface area contributed by atoms with Gasteiger partial charge in [-0.15, -0.1) is 11.3 Å². The number of hydrogen-bond donors (Lipinski definition) is 1. The Balaban J connectivity index is 2.06. The fraction of sp³-hybridized carbons (Fsp3) is 0.389. The first-order valence-corrected chi connectivity index (χ1v) is 9.26. The van der Waals surface area contributed by atoms with Gasteiger partial charge in [-0.3, -0.25) is 4.79 Å². The maximum atomic E-state index is 12.6. The number of aromatic nitrogens is 1. The van der Waals surface area contributed by atoms with Crippen molar-refractivity contribution in [3.05, 3.63) is 34.3 Å². The highest BCUT2D eigenvalue weighted by atomic mass is 32.1. The van der Waals surface area contributed by atoms with Crippen LogP contribution in [0.2, 0.25) is 0 Å². The zero-order chi connectivity index (χ0) is 20.6. The van der Waals surface area contributed by atoms with Gasteiger partial charge >= 0.3 is 12.1 Å². The summed E-state index contributed by atoms with van der Waals surface area (Å²) in [7, 11) is 3.96. The third-order valence-corrected chi connectivity index (χ3v) is 5.72. The molecule has 1 aromatic heterocycles. The van der Waals surface area contributed by atoms with Gasteiger partial charge in [-0.2, -0.15) is 13.2 Å². The van der Waals surface area contributed by atoms with E-state index in [1.165, 1.54) is 29.5 Å². The zero-order valence-corrected chi connectivity index (χ0v) is 16.0. The molecule has 0 spiro atoms. The first kappa shape index (κ1) is 20.3. The van der Waals surface area contributed by atoms with Crippen molar-refractivity contribution in [2.24, 2.45) is 5.73 Å². The van der Waals surface area contributed by atoms with E-state index in [-0.39, 0.29) is 11.1 Å². The van der Waals surface area contributed by atoms with E-state index in [0.29, 0.717) is 17.5 Å². The Bertz CT molecular complexity index is 925. The summed E-state index contributed by atoms with van der Waals surface area (Å²) in [4.78, 5) is 30.8. The molecule has 0 fully saturated rings. The van der Waals surface area contributed by atoms with E-state index >= 15 is 0 Å². The third-order valence-electron chi connectivity index (χ3n) is 4.58. The Hall–Kier alpha value is -2.46. The number of hydrogen-bond acceptors (Lipinski definition) is 6. The van der Waals surface area contributed by atoms with Gasteiger partial charge in [-0.25, -0.2) is 9.78 Å². The Morgan fingerprint density at radius 2 is 2.04 bits per heavy atom. The molecular weight excluding hydrogens is 395 g/mol. The largest absolute Gasteiger partial charge is 0.491 e. The van der Waals surface area contributed by atoms with E-state index in [1.807, 2.05) is 14.1 Å². The molecule has 0 bridgehead atoms. The van der Waals surface area contributed by atoms with Crippen molar-refractivity contribution < 1.29 is 27.5 Å². The molecule has 1 aromatic carbocycles. The van der Waals surface area contributed by atoms with E-state index in [4.69, 9.17) is 5.73 Å². The molecule has 28 heavy (non-hydrogen) atoms. The average Bonchev–Trinajstić information content (AvgIpc) is 3.03. The molecule has 1 aliphatic carbocycles. The molecule has 1 amide bonds. The SMILES string of the molecule is CN(C)[C@H]1CCc2nc(-c3c(OC(=O)C(F)(F)F)cccc3C(N)=O)sc2C1. The fourth-order valence-corrected chi connectivity index (χ4v) is 4.35. The fourth-order valence-electron chi connectivity index (χ4n) is 3.11. The second kappa shape index (κ2) is 7.51. The molecule has 10 heteroatoms. The molecule has 3 rings (SSSR count). The van der Waals surface area contributed by atoms with Crippen LogP contribution in [0.1, 0.15) is 27.3 Å². The molecule has 0 unspecified atom stereocenters. The number of carbonyl (C=O) groups excluding carboxylic acids is 2. The Morgan fingerprint density at radius 1 is 1.32 bits per heavy atom. The molecule has 1 aliphatic rings. The number of aryl methyl sites for hydroxylation is 1. The lowest BCUT2D eigenvalue weighted by atomic mass is 9.97. The lowest BCUT2D eigenvalue weighted by molar-refractivity contribution is -0.189. The van der Waals surface area contributed by atoms with Crippen molar-refractivity contribution in [3.63, 3.8) is 0 Å². The van der Waals surface area contributed by atoms with Gasteiger partial charge in [0.1, 0.15) is 10.8 Å². The van der Waals surface area contributed by atoms with Gasteiger partial charge in [0, 0.05) is 10.9 Å². The van der Waals surface area contributed by atoms with Crippen LogP contribution in [0.15, 0.2) is 18.2 Å². The maximum Gasteiger partial charge on any atom is 0.491 e. The summed E-state index contributed by atoms with van der Waals surface area (Å²) in [5.41, 5.74) is 6.18. The number of rotatable bonds is 4. The maximum absolute atomic E-state index is 12.6. The standard InChI is InChI=1S/C18H18F3N3O3S/c1-24(2)9-6-7-11-13(8-9)28-16(23-11)14-10(15(22)25)4-3-5-12(14)27-17(26)18(19,20)21/h3-5,9H,6-8H2,1-2H3,(H2,22,25)/t9-/m0/s1. The van der Waals surface area contributed by atoms with Crippen molar-refractivity contribution in [3.8, 4) is 16.3 Å². The van der Waals surface area contributed by atoms with E-state index < -0.39 is 23.8 Å². The number of primary amides is 1. The summed E-state index contributed by atoms with van der Waals surface area (Å²) in [5, 5.41) is 0.309. The van der Waals surface area contributed by atoms with Crippen LogP contribution in [0.4, 0.5) is 13.2 Å². The summed E-state index contributed by atoms with van der Waals surface area (Å²) in [6, 6.07) is 4.19. The number of esters is 1. The van der Waals surface area contributed by atoms with Crippen LogP contribution in [-0.4, -0.2) is 48.1 Å². The second-order valence-corrected chi connectivity index (χ2v) is 7.76. The Morgan fingerprint density at radius 3 is 2.64 bits per heavy atom. The van der Waals surface area contributed by atoms with Crippen molar-refractivity contribution >= 4 is 23.2 Å². The molecule has 6 nitrogen and oxygen atoms in total. The van der Waals surface area contributed by atoms with Gasteiger partial charge in [0.2, 0.25) is 5.91 Å². The number of ether oxygens (including phenoxy) is 1. The summed E-state index contributed by atoms with van der Waals surface area (Å²) >= 11 is 1.27. The van der Waals surface area contributed by atoms with Crippen LogP contribution in [0.3, 0.4) is 0 Å². The van der Waals surface area contributed by atoms with E-state index in [1.54, 1.807) is 0 Å². The Labute approximate surface area is 163 Å². The van der Waals surface area contributed by atoms with Gasteiger partial charge in [-0.1, -0.05) is 6.07 Å². The number of alkyl halides is 3. The molecule has 150 valence electrons. The predicted molar refractivity (Wildman–Crippen MR) is 97.3 cm³/mol. The predicted octanol–water partition coefficient (Wildman–Crippen LogP) is 2.80. The number of likely N-dealkylation sites (N-methyl/N-ethyl adjacent to an activating group) is 1. The smallest absolute Gasteiger partial charge is 0.419 e. The lowest BCUT2D eigenvalue weighted by Crippen LogP contribution is -2.32. The highest BCUT2D eigenvalue weighted by Gasteiger charge is 2.42. The molecule has 1 atom stereocenters. The molecule has 0 aliphatic heterocycles. The minimum Gasteiger partial charge on any atom is -0.419 e. The van der Waals surface area contributed by atoms with Crippen LogP contribution < -0.4 is 10.5 Å². The number of halogens is 3. The van der Waals surface area contributed by atoms with Crippen LogP contribution in [-0.2, 0) is 17.6 Å². The van der Waals surface area contributed by atoms with Crippen LogP contribution in [0, 0.1) is 0 Å². The zero-order valence-electron chi connectivity index (χ0n) is 15.2. The minimum atomic E-state index is -5.17. The molecule has 1 heterocycles. The molecule has 2 N–H and O–H groups in total. The third kappa shape index (κ3) is 4.02. The molecule has 0 saturated heterocycles. The number of fused-ring (bicyclic) bond motifs is 1. The van der Waals surface area contributed by atoms with Crippen molar-refractivity contribution in [1.82, 2.24) is 9.88 Å². The van der Waals surface area contributed by atoms with Gasteiger partial charge in [0.15, 0.2) is 0 Å². The van der Waals surface area contributed by atoms with E-state index in [0.717, 1.165) is 23.4 Å². The first-order valence-electron chi connectivity index (χ1n) is 8.45. The molecule has 2 aromatic rings. The number of amides is 1. The molecule has 0 saturated carbocycles. The molecule has 0 radical (unpaired) electrons. The summed E-state index contributed by atoms with van der Waals surface area (Å²) in [6.07, 6.45) is -2.81. The summed E-state index contributed by atoms with van der Waals surface area (Å²) in [6.45, 7) is 0. The minimum absolute atomic E-state index is 0.00778. The van der Waals surface area contributed by atoms with Crippen molar-refractivity contribution in [1.29, 1.82) is 0 Å². The van der Waals surface area contributed by atoms with E-state index in [9.17, 15) is 22.8 Å². The van der Waals surface area contributed by atoms with Crippen LogP contribution in [0.5, 0.6) is 5.75 Å².